The minimum absolute atomic E-state index is 0.0168. The second-order valence-electron chi connectivity index (χ2n) is 5.82. The fourth-order valence-electron chi connectivity index (χ4n) is 2.19. The molecule has 132 valence electrons. The number of anilines is 1. The standard InChI is InChI=1S/C19H20FNO4/c1-12(19(23)24)11-14-7-9-15(10-8-14)21-18(22)13(2)25-17-6-4-3-5-16(17)20/h3-10,12-13H,11H2,1-2H3,(H,21,22)(H,23,24). The Balaban J connectivity index is 1.93. The number of hydrogen-bond acceptors (Lipinski definition) is 3. The van der Waals surface area contributed by atoms with Crippen molar-refractivity contribution in [3.63, 3.8) is 0 Å². The Morgan fingerprint density at radius 3 is 2.36 bits per heavy atom. The third kappa shape index (κ3) is 5.31. The lowest BCUT2D eigenvalue weighted by atomic mass is 10.0. The van der Waals surface area contributed by atoms with Crippen LogP contribution in [-0.4, -0.2) is 23.1 Å². The Hall–Kier alpha value is -2.89. The van der Waals surface area contributed by atoms with Crippen LogP contribution in [0.2, 0.25) is 0 Å². The highest BCUT2D eigenvalue weighted by molar-refractivity contribution is 5.94. The van der Waals surface area contributed by atoms with E-state index in [0.717, 1.165) is 5.56 Å². The van der Waals surface area contributed by atoms with Gasteiger partial charge in [-0.05, 0) is 43.2 Å². The lowest BCUT2D eigenvalue weighted by Crippen LogP contribution is -2.30. The Morgan fingerprint density at radius 1 is 1.12 bits per heavy atom. The molecule has 0 aliphatic carbocycles. The third-order valence-corrected chi connectivity index (χ3v) is 3.69. The molecular formula is C19H20FNO4. The number of ether oxygens (including phenoxy) is 1. The summed E-state index contributed by atoms with van der Waals surface area (Å²) < 4.78 is 18.9. The summed E-state index contributed by atoms with van der Waals surface area (Å²) in [5.74, 6) is -2.25. The summed E-state index contributed by atoms with van der Waals surface area (Å²) in [6.45, 7) is 3.17. The molecule has 2 N–H and O–H groups in total. The summed E-state index contributed by atoms with van der Waals surface area (Å²) in [6, 6.07) is 12.8. The topological polar surface area (TPSA) is 75.6 Å². The predicted octanol–water partition coefficient (Wildman–Crippen LogP) is 3.49. The molecule has 0 spiro atoms. The quantitative estimate of drug-likeness (QED) is 0.805. The predicted molar refractivity (Wildman–Crippen MR) is 92.1 cm³/mol. The lowest BCUT2D eigenvalue weighted by molar-refractivity contribution is -0.141. The average Bonchev–Trinajstić information content (AvgIpc) is 2.58. The van der Waals surface area contributed by atoms with E-state index in [9.17, 15) is 14.0 Å². The van der Waals surface area contributed by atoms with Crippen molar-refractivity contribution in [2.75, 3.05) is 5.32 Å². The van der Waals surface area contributed by atoms with E-state index in [1.165, 1.54) is 19.1 Å². The number of amides is 1. The normalized spacial score (nSPS) is 12.9. The summed E-state index contributed by atoms with van der Waals surface area (Å²) in [5.41, 5.74) is 1.42. The van der Waals surface area contributed by atoms with Crippen molar-refractivity contribution < 1.29 is 23.8 Å². The molecule has 1 amide bonds. The number of nitrogens with one attached hydrogen (secondary N) is 1. The molecule has 0 heterocycles. The first-order valence-corrected chi connectivity index (χ1v) is 7.90. The molecule has 0 fully saturated rings. The van der Waals surface area contributed by atoms with Crippen molar-refractivity contribution in [1.82, 2.24) is 0 Å². The van der Waals surface area contributed by atoms with Crippen LogP contribution in [0.15, 0.2) is 48.5 Å². The summed E-state index contributed by atoms with van der Waals surface area (Å²) in [5, 5.41) is 11.6. The minimum Gasteiger partial charge on any atom is -0.481 e. The van der Waals surface area contributed by atoms with E-state index in [4.69, 9.17) is 9.84 Å². The van der Waals surface area contributed by atoms with Gasteiger partial charge in [-0.1, -0.05) is 31.2 Å². The van der Waals surface area contributed by atoms with Crippen LogP contribution < -0.4 is 10.1 Å². The highest BCUT2D eigenvalue weighted by Gasteiger charge is 2.17. The SMILES string of the molecule is CC(Cc1ccc(NC(=O)C(C)Oc2ccccc2F)cc1)C(=O)O. The van der Waals surface area contributed by atoms with E-state index < -0.39 is 29.7 Å². The van der Waals surface area contributed by atoms with Gasteiger partial charge in [-0.15, -0.1) is 0 Å². The molecule has 2 unspecified atom stereocenters. The van der Waals surface area contributed by atoms with Gasteiger partial charge in [-0.3, -0.25) is 9.59 Å². The van der Waals surface area contributed by atoms with Crippen LogP contribution >= 0.6 is 0 Å². The van der Waals surface area contributed by atoms with Crippen molar-refractivity contribution in [3.8, 4) is 5.75 Å². The maximum atomic E-state index is 13.5. The zero-order valence-electron chi connectivity index (χ0n) is 14.0. The first-order chi connectivity index (χ1) is 11.9. The summed E-state index contributed by atoms with van der Waals surface area (Å²) in [4.78, 5) is 23.0. The number of carboxylic acids is 1. The monoisotopic (exact) mass is 345 g/mol. The maximum absolute atomic E-state index is 13.5. The highest BCUT2D eigenvalue weighted by atomic mass is 19.1. The lowest BCUT2D eigenvalue weighted by Gasteiger charge is -2.15. The molecule has 0 bridgehead atoms. The number of carbonyl (C=O) groups excluding carboxylic acids is 1. The second kappa shape index (κ2) is 8.28. The van der Waals surface area contributed by atoms with Crippen molar-refractivity contribution in [2.45, 2.75) is 26.4 Å². The first-order valence-electron chi connectivity index (χ1n) is 7.90. The van der Waals surface area contributed by atoms with Gasteiger partial charge in [0, 0.05) is 5.69 Å². The summed E-state index contributed by atoms with van der Waals surface area (Å²) in [7, 11) is 0. The van der Waals surface area contributed by atoms with E-state index >= 15 is 0 Å². The van der Waals surface area contributed by atoms with Crippen LogP contribution in [0.4, 0.5) is 10.1 Å². The van der Waals surface area contributed by atoms with Gasteiger partial charge in [0.15, 0.2) is 17.7 Å². The number of rotatable bonds is 7. The van der Waals surface area contributed by atoms with E-state index in [1.807, 2.05) is 0 Å². The smallest absolute Gasteiger partial charge is 0.306 e. The van der Waals surface area contributed by atoms with Gasteiger partial charge in [0.25, 0.3) is 5.91 Å². The molecule has 2 aromatic rings. The number of carbonyl (C=O) groups is 2. The zero-order valence-corrected chi connectivity index (χ0v) is 14.0. The van der Waals surface area contributed by atoms with Crippen LogP contribution in [0.5, 0.6) is 5.75 Å². The van der Waals surface area contributed by atoms with Gasteiger partial charge in [-0.2, -0.15) is 0 Å². The van der Waals surface area contributed by atoms with Gasteiger partial charge < -0.3 is 15.2 Å². The Morgan fingerprint density at radius 2 is 1.76 bits per heavy atom. The van der Waals surface area contributed by atoms with Crippen LogP contribution in [0.25, 0.3) is 0 Å². The molecule has 2 aromatic carbocycles. The number of para-hydroxylation sites is 1. The molecule has 2 rings (SSSR count). The fraction of sp³-hybridized carbons (Fsp3) is 0.263. The van der Waals surface area contributed by atoms with E-state index in [0.29, 0.717) is 12.1 Å². The molecule has 2 atom stereocenters. The van der Waals surface area contributed by atoms with Crippen molar-refractivity contribution in [1.29, 1.82) is 0 Å². The summed E-state index contributed by atoms with van der Waals surface area (Å²) >= 11 is 0. The van der Waals surface area contributed by atoms with Gasteiger partial charge in [0.1, 0.15) is 0 Å². The Labute approximate surface area is 145 Å². The molecular weight excluding hydrogens is 325 g/mol. The van der Waals surface area contributed by atoms with Crippen LogP contribution in [0.3, 0.4) is 0 Å². The van der Waals surface area contributed by atoms with E-state index in [1.54, 1.807) is 43.3 Å². The van der Waals surface area contributed by atoms with Crippen molar-refractivity contribution in [2.24, 2.45) is 5.92 Å². The van der Waals surface area contributed by atoms with Crippen molar-refractivity contribution in [3.05, 3.63) is 59.9 Å². The molecule has 0 saturated heterocycles. The van der Waals surface area contributed by atoms with E-state index in [-0.39, 0.29) is 5.75 Å². The van der Waals surface area contributed by atoms with Crippen LogP contribution in [-0.2, 0) is 16.0 Å². The largest absolute Gasteiger partial charge is 0.481 e. The minimum atomic E-state index is -0.872. The van der Waals surface area contributed by atoms with Gasteiger partial charge >= 0.3 is 5.97 Å². The van der Waals surface area contributed by atoms with Crippen LogP contribution in [0.1, 0.15) is 19.4 Å². The molecule has 0 aliphatic rings. The molecule has 0 saturated carbocycles. The number of hydrogen-bond donors (Lipinski definition) is 2. The average molecular weight is 345 g/mol. The Kier molecular flexibility index (Phi) is 6.11. The molecule has 5 nitrogen and oxygen atoms in total. The van der Waals surface area contributed by atoms with Gasteiger partial charge in [0.05, 0.1) is 5.92 Å². The third-order valence-electron chi connectivity index (χ3n) is 3.69. The number of halogens is 1. The molecule has 0 radical (unpaired) electrons. The molecule has 25 heavy (non-hydrogen) atoms. The fourth-order valence-corrected chi connectivity index (χ4v) is 2.19. The first kappa shape index (κ1) is 18.4. The molecule has 0 aliphatic heterocycles. The molecule has 6 heteroatoms. The van der Waals surface area contributed by atoms with Crippen molar-refractivity contribution >= 4 is 17.6 Å². The number of carboxylic acid groups (broad SMARTS) is 1. The highest BCUT2D eigenvalue weighted by Crippen LogP contribution is 2.18. The Bertz CT molecular complexity index is 745. The maximum Gasteiger partial charge on any atom is 0.306 e. The van der Waals surface area contributed by atoms with Gasteiger partial charge in [0.2, 0.25) is 0 Å². The zero-order chi connectivity index (χ0) is 18.4. The van der Waals surface area contributed by atoms with Crippen LogP contribution in [0, 0.1) is 11.7 Å². The van der Waals surface area contributed by atoms with Gasteiger partial charge in [-0.25, -0.2) is 4.39 Å². The number of benzene rings is 2. The van der Waals surface area contributed by atoms with E-state index in [2.05, 4.69) is 5.32 Å². The molecule has 0 aromatic heterocycles. The second-order valence-corrected chi connectivity index (χ2v) is 5.82. The number of aliphatic carboxylic acids is 1. The summed E-state index contributed by atoms with van der Waals surface area (Å²) in [6.07, 6.45) is -0.459.